The quantitative estimate of drug-likeness (QED) is 0.507. The molecule has 0 aromatic rings. The van der Waals surface area contributed by atoms with Crippen LogP contribution < -0.4 is 10.8 Å². The monoisotopic (exact) mass is 202 g/mol. The number of hydrogen-bond acceptors (Lipinski definition) is 4. The molecule has 3 N–H and O–H groups in total. The Morgan fingerprint density at radius 1 is 1.57 bits per heavy atom. The number of rotatable bonds is 4. The summed E-state index contributed by atoms with van der Waals surface area (Å²) in [6.07, 6.45) is 0. The summed E-state index contributed by atoms with van der Waals surface area (Å²) in [6.45, 7) is 2.86. The van der Waals surface area contributed by atoms with Crippen LogP contribution in [0.15, 0.2) is 0 Å². The van der Waals surface area contributed by atoms with E-state index in [1.54, 1.807) is 0 Å². The van der Waals surface area contributed by atoms with E-state index in [4.69, 9.17) is 5.11 Å². The summed E-state index contributed by atoms with van der Waals surface area (Å²) in [4.78, 5) is 25.9. The zero-order valence-electron chi connectivity index (χ0n) is 7.95. The van der Waals surface area contributed by atoms with Crippen LogP contribution in [0.5, 0.6) is 0 Å². The predicted molar refractivity (Wildman–Crippen MR) is 47.3 cm³/mol. The highest BCUT2D eigenvalue weighted by Crippen LogP contribution is 2.15. The number of nitrogens with one attached hydrogen (secondary N) is 2. The van der Waals surface area contributed by atoms with E-state index in [1.165, 1.54) is 0 Å². The van der Waals surface area contributed by atoms with Crippen LogP contribution in [0, 0.1) is 11.8 Å². The summed E-state index contributed by atoms with van der Waals surface area (Å²) < 4.78 is 0. The molecule has 0 aliphatic carbocycles. The number of carboxylic acid groups (broad SMARTS) is 1. The van der Waals surface area contributed by atoms with Gasteiger partial charge in [-0.1, -0.05) is 6.92 Å². The van der Waals surface area contributed by atoms with E-state index in [0.29, 0.717) is 6.54 Å². The lowest BCUT2D eigenvalue weighted by molar-refractivity contribution is -0.150. The maximum absolute atomic E-state index is 11.4. The zero-order chi connectivity index (χ0) is 10.6. The van der Waals surface area contributed by atoms with E-state index in [-0.39, 0.29) is 17.7 Å². The molecule has 1 rings (SSSR count). The first-order valence-electron chi connectivity index (χ1n) is 4.45. The fourth-order valence-electron chi connectivity index (χ4n) is 1.41. The molecule has 1 heterocycles. The minimum absolute atomic E-state index is 0.135. The lowest BCUT2D eigenvalue weighted by Crippen LogP contribution is -2.35. The lowest BCUT2D eigenvalue weighted by Gasteiger charge is -2.12. The van der Waals surface area contributed by atoms with Crippen molar-refractivity contribution >= 4 is 11.9 Å². The van der Waals surface area contributed by atoms with Crippen molar-refractivity contribution in [3.05, 3.63) is 0 Å². The van der Waals surface area contributed by atoms with Crippen LogP contribution in [0.4, 0.5) is 0 Å². The molecule has 0 radical (unpaired) electrons. The molecule has 80 valence electrons. The molecule has 1 amide bonds. The van der Waals surface area contributed by atoms with Crippen molar-refractivity contribution in [1.29, 1.82) is 0 Å². The van der Waals surface area contributed by atoms with Crippen LogP contribution in [-0.4, -0.2) is 36.7 Å². The van der Waals surface area contributed by atoms with Gasteiger partial charge in [-0.15, -0.1) is 0 Å². The average Bonchev–Trinajstić information content (AvgIpc) is 2.50. The molecule has 1 saturated heterocycles. The van der Waals surface area contributed by atoms with E-state index >= 15 is 0 Å². The molecule has 1 aliphatic heterocycles. The zero-order valence-corrected chi connectivity index (χ0v) is 7.95. The normalized spacial score (nSPS) is 26.1. The van der Waals surface area contributed by atoms with Crippen LogP contribution in [0.2, 0.25) is 0 Å². The second kappa shape index (κ2) is 4.92. The molecule has 0 spiro atoms. The van der Waals surface area contributed by atoms with Gasteiger partial charge in [0.2, 0.25) is 5.91 Å². The minimum Gasteiger partial charge on any atom is -0.479 e. The SMILES string of the molecule is CC1CNCC1C(=O)NOCC(=O)O. The number of carbonyl (C=O) groups excluding carboxylic acids is 1. The second-order valence-corrected chi connectivity index (χ2v) is 3.39. The summed E-state index contributed by atoms with van der Waals surface area (Å²) in [5, 5.41) is 11.3. The third-order valence-electron chi connectivity index (χ3n) is 2.22. The number of aliphatic carboxylic acids is 1. The average molecular weight is 202 g/mol. The highest BCUT2D eigenvalue weighted by molar-refractivity contribution is 5.78. The maximum Gasteiger partial charge on any atom is 0.332 e. The van der Waals surface area contributed by atoms with E-state index < -0.39 is 12.6 Å². The third kappa shape index (κ3) is 2.97. The lowest BCUT2D eigenvalue weighted by atomic mass is 9.98. The number of carboxylic acids is 1. The van der Waals surface area contributed by atoms with Crippen molar-refractivity contribution in [3.8, 4) is 0 Å². The van der Waals surface area contributed by atoms with Gasteiger partial charge in [0.1, 0.15) is 0 Å². The molecule has 0 saturated carbocycles. The van der Waals surface area contributed by atoms with Crippen LogP contribution in [0.25, 0.3) is 0 Å². The smallest absolute Gasteiger partial charge is 0.332 e. The van der Waals surface area contributed by atoms with Gasteiger partial charge in [-0.05, 0) is 12.5 Å². The Labute approximate surface area is 81.6 Å². The summed E-state index contributed by atoms with van der Waals surface area (Å²) in [7, 11) is 0. The van der Waals surface area contributed by atoms with Gasteiger partial charge < -0.3 is 10.4 Å². The fraction of sp³-hybridized carbons (Fsp3) is 0.750. The van der Waals surface area contributed by atoms with E-state index in [1.807, 2.05) is 6.92 Å². The van der Waals surface area contributed by atoms with Crippen molar-refractivity contribution in [1.82, 2.24) is 10.8 Å². The van der Waals surface area contributed by atoms with Crippen LogP contribution in [0.1, 0.15) is 6.92 Å². The molecule has 0 bridgehead atoms. The number of hydrogen-bond donors (Lipinski definition) is 3. The third-order valence-corrected chi connectivity index (χ3v) is 2.22. The molecule has 6 nitrogen and oxygen atoms in total. The Kier molecular flexibility index (Phi) is 3.84. The van der Waals surface area contributed by atoms with Gasteiger partial charge in [0.15, 0.2) is 6.61 Å². The van der Waals surface area contributed by atoms with E-state index in [2.05, 4.69) is 15.6 Å². The second-order valence-electron chi connectivity index (χ2n) is 3.39. The van der Waals surface area contributed by atoms with Gasteiger partial charge in [-0.25, -0.2) is 10.3 Å². The van der Waals surface area contributed by atoms with Crippen LogP contribution in [0.3, 0.4) is 0 Å². The Morgan fingerprint density at radius 2 is 2.29 bits per heavy atom. The summed E-state index contributed by atoms with van der Waals surface area (Å²) in [5.74, 6) is -1.25. The van der Waals surface area contributed by atoms with Crippen molar-refractivity contribution < 1.29 is 19.5 Å². The summed E-state index contributed by atoms with van der Waals surface area (Å²) in [5.41, 5.74) is 2.13. The number of carbonyl (C=O) groups is 2. The topological polar surface area (TPSA) is 87.7 Å². The van der Waals surface area contributed by atoms with E-state index in [9.17, 15) is 9.59 Å². The molecule has 6 heteroatoms. The van der Waals surface area contributed by atoms with Gasteiger partial charge in [0, 0.05) is 6.54 Å². The maximum atomic E-state index is 11.4. The fourth-order valence-corrected chi connectivity index (χ4v) is 1.41. The van der Waals surface area contributed by atoms with Crippen molar-refractivity contribution in [2.45, 2.75) is 6.92 Å². The molecule has 14 heavy (non-hydrogen) atoms. The van der Waals surface area contributed by atoms with Gasteiger partial charge in [0.25, 0.3) is 0 Å². The highest BCUT2D eigenvalue weighted by atomic mass is 16.7. The summed E-state index contributed by atoms with van der Waals surface area (Å²) >= 11 is 0. The van der Waals surface area contributed by atoms with Gasteiger partial charge in [-0.3, -0.25) is 9.63 Å². The van der Waals surface area contributed by atoms with Gasteiger partial charge in [0.05, 0.1) is 5.92 Å². The molecule has 1 fully saturated rings. The van der Waals surface area contributed by atoms with Crippen molar-refractivity contribution in [2.75, 3.05) is 19.7 Å². The molecule has 2 atom stereocenters. The van der Waals surface area contributed by atoms with Crippen LogP contribution in [-0.2, 0) is 14.4 Å². The number of hydroxylamine groups is 1. The predicted octanol–water partition coefficient (Wildman–Crippen LogP) is -1.03. The first kappa shape index (κ1) is 10.9. The number of amides is 1. The molecular weight excluding hydrogens is 188 g/mol. The Bertz CT molecular complexity index is 231. The molecule has 0 aromatic carbocycles. The Balaban J connectivity index is 2.24. The largest absolute Gasteiger partial charge is 0.479 e. The standard InChI is InChI=1S/C8H14N2O4/c1-5-2-9-3-6(5)8(13)10-14-4-7(11)12/h5-6,9H,2-4H2,1H3,(H,10,13)(H,11,12). The molecule has 2 unspecified atom stereocenters. The van der Waals surface area contributed by atoms with E-state index in [0.717, 1.165) is 6.54 Å². The highest BCUT2D eigenvalue weighted by Gasteiger charge is 2.29. The van der Waals surface area contributed by atoms with Crippen LogP contribution >= 0.6 is 0 Å². The first-order valence-corrected chi connectivity index (χ1v) is 4.45. The molecular formula is C8H14N2O4. The Hall–Kier alpha value is -1.14. The van der Waals surface area contributed by atoms with Gasteiger partial charge >= 0.3 is 5.97 Å². The molecule has 0 aromatic heterocycles. The minimum atomic E-state index is -1.11. The summed E-state index contributed by atoms with van der Waals surface area (Å²) in [6, 6.07) is 0. The van der Waals surface area contributed by atoms with Gasteiger partial charge in [-0.2, -0.15) is 0 Å². The molecule has 1 aliphatic rings. The van der Waals surface area contributed by atoms with Crippen molar-refractivity contribution in [2.24, 2.45) is 11.8 Å². The van der Waals surface area contributed by atoms with Crippen molar-refractivity contribution in [3.63, 3.8) is 0 Å². The first-order chi connectivity index (χ1) is 6.61. The Morgan fingerprint density at radius 3 is 2.79 bits per heavy atom.